The van der Waals surface area contributed by atoms with Crippen LogP contribution >= 0.6 is 0 Å². The molecule has 0 aliphatic carbocycles. The fourth-order valence-electron chi connectivity index (χ4n) is 1.45. The number of hydrogen-bond donors (Lipinski definition) is 1. The van der Waals surface area contributed by atoms with E-state index in [0.29, 0.717) is 18.2 Å². The van der Waals surface area contributed by atoms with Crippen molar-refractivity contribution in [1.29, 1.82) is 0 Å². The molecule has 0 aliphatic rings. The van der Waals surface area contributed by atoms with Crippen LogP contribution in [0.1, 0.15) is 6.42 Å². The second-order valence-corrected chi connectivity index (χ2v) is 3.66. The number of halogens is 1. The van der Waals surface area contributed by atoms with Gasteiger partial charge in [-0.05, 0) is 30.3 Å². The fourth-order valence-corrected chi connectivity index (χ4v) is 1.45. The predicted octanol–water partition coefficient (Wildman–Crippen LogP) is 2.07. The van der Waals surface area contributed by atoms with E-state index in [4.69, 9.17) is 10.5 Å². The lowest BCUT2D eigenvalue weighted by molar-refractivity contribution is 0.298. The van der Waals surface area contributed by atoms with Gasteiger partial charge in [0.2, 0.25) is 0 Å². The Kier molecular flexibility index (Phi) is 3.59. The third-order valence-electron chi connectivity index (χ3n) is 2.28. The lowest BCUT2D eigenvalue weighted by Crippen LogP contribution is -2.05. The number of aryl methyl sites for hydroxylation is 1. The maximum atomic E-state index is 12.6. The first kappa shape index (κ1) is 11.4. The van der Waals surface area contributed by atoms with Crippen LogP contribution in [0, 0.1) is 5.82 Å². The molecule has 0 saturated carbocycles. The van der Waals surface area contributed by atoms with Crippen molar-refractivity contribution in [3.8, 4) is 5.75 Å². The summed E-state index contributed by atoms with van der Waals surface area (Å²) >= 11 is 0. The summed E-state index contributed by atoms with van der Waals surface area (Å²) in [6.45, 7) is 1.31. The molecule has 1 aromatic heterocycles. The minimum Gasteiger partial charge on any atom is -0.494 e. The second-order valence-electron chi connectivity index (χ2n) is 3.66. The molecule has 0 aliphatic heterocycles. The molecule has 0 amide bonds. The van der Waals surface area contributed by atoms with Crippen LogP contribution in [0.15, 0.2) is 36.5 Å². The third-order valence-corrected chi connectivity index (χ3v) is 2.28. The standard InChI is InChI=1S/C12H14FN3O/c13-10-2-4-11(5-3-10)17-9-1-7-16-8-6-12(14)15-16/h2-6,8H,1,7,9H2,(H2,14,15). The first-order valence-electron chi connectivity index (χ1n) is 5.41. The average Bonchev–Trinajstić information content (AvgIpc) is 2.73. The van der Waals surface area contributed by atoms with E-state index in [-0.39, 0.29) is 5.82 Å². The topological polar surface area (TPSA) is 53.1 Å². The van der Waals surface area contributed by atoms with Gasteiger partial charge in [0.05, 0.1) is 6.61 Å². The van der Waals surface area contributed by atoms with E-state index in [1.54, 1.807) is 22.9 Å². The highest BCUT2D eigenvalue weighted by molar-refractivity contribution is 5.23. The molecule has 4 nitrogen and oxygen atoms in total. The first-order valence-corrected chi connectivity index (χ1v) is 5.41. The maximum Gasteiger partial charge on any atom is 0.145 e. The molecule has 17 heavy (non-hydrogen) atoms. The average molecular weight is 235 g/mol. The Bertz CT molecular complexity index is 467. The Hall–Kier alpha value is -2.04. The molecule has 0 atom stereocenters. The monoisotopic (exact) mass is 235 g/mol. The van der Waals surface area contributed by atoms with Gasteiger partial charge in [-0.25, -0.2) is 4.39 Å². The Morgan fingerprint density at radius 1 is 1.24 bits per heavy atom. The van der Waals surface area contributed by atoms with Crippen LogP contribution < -0.4 is 10.5 Å². The zero-order valence-corrected chi connectivity index (χ0v) is 9.34. The Labute approximate surface area is 98.8 Å². The van der Waals surface area contributed by atoms with Gasteiger partial charge in [0, 0.05) is 19.2 Å². The van der Waals surface area contributed by atoms with Gasteiger partial charge in [0.1, 0.15) is 17.4 Å². The van der Waals surface area contributed by atoms with Crippen LogP contribution in [0.2, 0.25) is 0 Å². The van der Waals surface area contributed by atoms with Crippen LogP contribution in [0.4, 0.5) is 10.2 Å². The Morgan fingerprint density at radius 3 is 2.65 bits per heavy atom. The Balaban J connectivity index is 1.71. The number of anilines is 1. The lowest BCUT2D eigenvalue weighted by atomic mass is 10.3. The van der Waals surface area contributed by atoms with Crippen molar-refractivity contribution in [2.75, 3.05) is 12.3 Å². The van der Waals surface area contributed by atoms with Crippen molar-refractivity contribution in [3.05, 3.63) is 42.3 Å². The SMILES string of the molecule is Nc1ccn(CCCOc2ccc(F)cc2)n1. The van der Waals surface area contributed by atoms with E-state index in [1.165, 1.54) is 12.1 Å². The molecule has 1 aromatic carbocycles. The summed E-state index contributed by atoms with van der Waals surface area (Å²) in [7, 11) is 0. The van der Waals surface area contributed by atoms with Crippen molar-refractivity contribution in [2.45, 2.75) is 13.0 Å². The predicted molar refractivity (Wildman–Crippen MR) is 63.2 cm³/mol. The van der Waals surface area contributed by atoms with Crippen LogP contribution in [0.5, 0.6) is 5.75 Å². The molecule has 5 heteroatoms. The zero-order valence-electron chi connectivity index (χ0n) is 9.34. The molecule has 1 heterocycles. The smallest absolute Gasteiger partial charge is 0.145 e. The van der Waals surface area contributed by atoms with Gasteiger partial charge in [0.25, 0.3) is 0 Å². The minimum atomic E-state index is -0.260. The number of aromatic nitrogens is 2. The quantitative estimate of drug-likeness (QED) is 0.807. The third kappa shape index (κ3) is 3.48. The molecule has 0 fully saturated rings. The van der Waals surface area contributed by atoms with Gasteiger partial charge in [-0.1, -0.05) is 0 Å². The summed E-state index contributed by atoms with van der Waals surface area (Å²) < 4.78 is 19.8. The largest absolute Gasteiger partial charge is 0.494 e. The van der Waals surface area contributed by atoms with Crippen molar-refractivity contribution in [3.63, 3.8) is 0 Å². The zero-order chi connectivity index (χ0) is 12.1. The number of hydrogen-bond acceptors (Lipinski definition) is 3. The second kappa shape index (κ2) is 5.34. The summed E-state index contributed by atoms with van der Waals surface area (Å²) in [5, 5.41) is 4.06. The highest BCUT2D eigenvalue weighted by Crippen LogP contribution is 2.11. The molecule has 0 radical (unpaired) electrons. The molecule has 0 spiro atoms. The normalized spacial score (nSPS) is 10.4. The molecule has 2 aromatic rings. The summed E-state index contributed by atoms with van der Waals surface area (Å²) in [5.41, 5.74) is 5.49. The van der Waals surface area contributed by atoms with Gasteiger partial charge < -0.3 is 10.5 Å². The minimum absolute atomic E-state index is 0.260. The highest BCUT2D eigenvalue weighted by atomic mass is 19.1. The van der Waals surface area contributed by atoms with Crippen LogP contribution in [-0.4, -0.2) is 16.4 Å². The van der Waals surface area contributed by atoms with Gasteiger partial charge in [-0.15, -0.1) is 0 Å². The summed E-state index contributed by atoms with van der Waals surface area (Å²) in [6, 6.07) is 7.73. The molecular formula is C12H14FN3O. The number of nitrogens with two attached hydrogens (primary N) is 1. The van der Waals surface area contributed by atoms with Crippen LogP contribution in [0.25, 0.3) is 0 Å². The fraction of sp³-hybridized carbons (Fsp3) is 0.250. The van der Waals surface area contributed by atoms with E-state index in [0.717, 1.165) is 13.0 Å². The highest BCUT2D eigenvalue weighted by Gasteiger charge is 1.97. The van der Waals surface area contributed by atoms with Crippen molar-refractivity contribution >= 4 is 5.82 Å². The lowest BCUT2D eigenvalue weighted by Gasteiger charge is -2.05. The summed E-state index contributed by atoms with van der Waals surface area (Å²) in [4.78, 5) is 0. The van der Waals surface area contributed by atoms with E-state index >= 15 is 0 Å². The summed E-state index contributed by atoms with van der Waals surface area (Å²) in [6.07, 6.45) is 2.64. The summed E-state index contributed by atoms with van der Waals surface area (Å²) in [5.74, 6) is 0.931. The molecule has 0 unspecified atom stereocenters. The number of nitrogens with zero attached hydrogens (tertiary/aromatic N) is 2. The van der Waals surface area contributed by atoms with Crippen molar-refractivity contribution < 1.29 is 9.13 Å². The van der Waals surface area contributed by atoms with Gasteiger partial charge >= 0.3 is 0 Å². The molecule has 90 valence electrons. The van der Waals surface area contributed by atoms with E-state index in [2.05, 4.69) is 5.10 Å². The molecule has 0 saturated heterocycles. The number of ether oxygens (including phenoxy) is 1. The van der Waals surface area contributed by atoms with Crippen molar-refractivity contribution in [1.82, 2.24) is 9.78 Å². The van der Waals surface area contributed by atoms with Crippen LogP contribution in [-0.2, 0) is 6.54 Å². The van der Waals surface area contributed by atoms with Crippen molar-refractivity contribution in [2.24, 2.45) is 0 Å². The van der Waals surface area contributed by atoms with Crippen LogP contribution in [0.3, 0.4) is 0 Å². The van der Waals surface area contributed by atoms with E-state index < -0.39 is 0 Å². The van der Waals surface area contributed by atoms with E-state index in [1.807, 2.05) is 6.20 Å². The molecule has 2 N–H and O–H groups in total. The van der Waals surface area contributed by atoms with Gasteiger partial charge in [-0.2, -0.15) is 5.10 Å². The number of benzene rings is 1. The number of rotatable bonds is 5. The maximum absolute atomic E-state index is 12.6. The molecular weight excluding hydrogens is 221 g/mol. The van der Waals surface area contributed by atoms with E-state index in [9.17, 15) is 4.39 Å². The molecule has 2 rings (SSSR count). The Morgan fingerprint density at radius 2 is 2.00 bits per heavy atom. The van der Waals surface area contributed by atoms with Gasteiger partial charge in [0.15, 0.2) is 0 Å². The first-order chi connectivity index (χ1) is 8.24. The number of nitrogen functional groups attached to an aromatic ring is 1. The molecule has 0 bridgehead atoms. The van der Waals surface area contributed by atoms with Gasteiger partial charge in [-0.3, -0.25) is 4.68 Å².